The lowest BCUT2D eigenvalue weighted by Gasteiger charge is -2.05. The van der Waals surface area contributed by atoms with E-state index in [1.165, 1.54) is 28.7 Å². The minimum Gasteiger partial charge on any atom is -0.399 e. The van der Waals surface area contributed by atoms with Gasteiger partial charge in [0.15, 0.2) is 0 Å². The van der Waals surface area contributed by atoms with Crippen LogP contribution in [-0.2, 0) is 0 Å². The molecule has 0 atom stereocenters. The van der Waals surface area contributed by atoms with Crippen LogP contribution in [0.4, 0.5) is 37.7 Å². The number of halogens is 7. The molecule has 0 unspecified atom stereocenters. The highest BCUT2D eigenvalue weighted by Crippen LogP contribution is 2.27. The van der Waals surface area contributed by atoms with E-state index in [1.54, 1.807) is 18.2 Å². The Hall–Kier alpha value is -0.950. The second-order valence-electron chi connectivity index (χ2n) is 4.82. The van der Waals surface area contributed by atoms with Crippen molar-refractivity contribution < 1.29 is 26.3 Å². The predicted molar refractivity (Wildman–Crippen MR) is 117 cm³/mol. The van der Waals surface area contributed by atoms with Crippen molar-refractivity contribution in [2.45, 2.75) is 29.6 Å². The lowest BCUT2D eigenvalue weighted by atomic mass is 10.3. The first-order valence-electron chi connectivity index (χ1n) is 7.04. The van der Waals surface area contributed by atoms with Crippen LogP contribution in [0.15, 0.2) is 58.3 Å². The van der Waals surface area contributed by atoms with E-state index in [-0.39, 0.29) is 7.43 Å². The molecule has 160 valence electrons. The van der Waals surface area contributed by atoms with Gasteiger partial charge in [-0.25, -0.2) is 0 Å². The zero-order valence-electron chi connectivity index (χ0n) is 13.7. The average molecular weight is 558 g/mol. The van der Waals surface area contributed by atoms with Crippen molar-refractivity contribution in [3.05, 3.63) is 48.5 Å². The number of hydrogen-bond acceptors (Lipinski definition) is 4. The summed E-state index contributed by atoms with van der Waals surface area (Å²) in [7, 11) is 0. The van der Waals surface area contributed by atoms with E-state index in [0.717, 1.165) is 22.3 Å². The molecule has 0 radical (unpaired) electrons. The van der Waals surface area contributed by atoms with Crippen molar-refractivity contribution in [2.75, 3.05) is 21.6 Å². The van der Waals surface area contributed by atoms with Gasteiger partial charge in [-0.3, -0.25) is 0 Å². The van der Waals surface area contributed by atoms with Gasteiger partial charge in [0.25, 0.3) is 0 Å². The molecule has 0 aliphatic rings. The maximum absolute atomic E-state index is 11.8. The molecular weight excluding hydrogens is 537 g/mol. The van der Waals surface area contributed by atoms with Crippen molar-refractivity contribution in [3.63, 3.8) is 0 Å². The van der Waals surface area contributed by atoms with Crippen LogP contribution >= 0.6 is 47.0 Å². The summed E-state index contributed by atoms with van der Waals surface area (Å²) >= 11 is 6.08. The number of thioether (sulfide) groups is 1. The van der Waals surface area contributed by atoms with Gasteiger partial charge >= 0.3 is 12.4 Å². The van der Waals surface area contributed by atoms with Crippen LogP contribution < -0.4 is 11.5 Å². The summed E-state index contributed by atoms with van der Waals surface area (Å²) in [4.78, 5) is 1.45. The molecular formula is C17H21F6IN2S2. The summed E-state index contributed by atoms with van der Waals surface area (Å²) in [6, 6.07) is 13.8. The Morgan fingerprint density at radius 1 is 0.857 bits per heavy atom. The molecule has 2 rings (SSSR count). The average Bonchev–Trinajstić information content (AvgIpc) is 2.53. The summed E-state index contributed by atoms with van der Waals surface area (Å²) < 4.78 is 66.9. The monoisotopic (exact) mass is 558 g/mol. The summed E-state index contributed by atoms with van der Waals surface area (Å²) in [5.41, 5.74) is 12.1. The van der Waals surface area contributed by atoms with Gasteiger partial charge in [0, 0.05) is 21.2 Å². The van der Waals surface area contributed by atoms with Crippen LogP contribution in [-0.4, -0.2) is 22.5 Å². The Bertz CT molecular complexity index is 664. The molecule has 11 heteroatoms. The van der Waals surface area contributed by atoms with E-state index >= 15 is 0 Å². The zero-order chi connectivity index (χ0) is 21.1. The molecule has 28 heavy (non-hydrogen) atoms. The molecule has 0 spiro atoms. The van der Waals surface area contributed by atoms with Gasteiger partial charge < -0.3 is 11.5 Å². The molecule has 0 aliphatic carbocycles. The molecule has 0 saturated heterocycles. The largest absolute Gasteiger partial charge is 0.399 e. The molecule has 2 nitrogen and oxygen atoms in total. The number of nitrogens with two attached hydrogens (primary N) is 2. The molecule has 0 bridgehead atoms. The Labute approximate surface area is 184 Å². The van der Waals surface area contributed by atoms with Crippen LogP contribution in [0.2, 0.25) is 0 Å². The van der Waals surface area contributed by atoms with E-state index in [2.05, 4.69) is 12.6 Å². The fourth-order valence-electron chi connectivity index (χ4n) is 1.29. The van der Waals surface area contributed by atoms with Gasteiger partial charge in [0.2, 0.25) is 0 Å². The maximum Gasteiger partial charge on any atom is 0.398 e. The molecule has 2 aromatic carbocycles. The quantitative estimate of drug-likeness (QED) is 0.0921. The maximum atomic E-state index is 11.8. The molecule has 2 aromatic rings. The van der Waals surface area contributed by atoms with Crippen molar-refractivity contribution in [3.8, 4) is 0 Å². The Kier molecular flexibility index (Phi) is 14.7. The molecule has 4 N–H and O–H groups in total. The summed E-state index contributed by atoms with van der Waals surface area (Å²) in [5, 5.41) is 0. The fourth-order valence-corrected chi connectivity index (χ4v) is 2.25. The van der Waals surface area contributed by atoms with Gasteiger partial charge in [-0.15, -0.1) is 24.4 Å². The van der Waals surface area contributed by atoms with Crippen LogP contribution in [0, 0.1) is 0 Å². The SMILES string of the molecule is C.FC(F)(F)CI.Nc1cccc(S)c1.Nc1cccc(SCC(F)(F)F)c1. The predicted octanol–water partition coefficient (Wildman–Crippen LogP) is 7.10. The first-order chi connectivity index (χ1) is 12.3. The normalized spacial score (nSPS) is 10.6. The van der Waals surface area contributed by atoms with Gasteiger partial charge in [-0.05, 0) is 36.4 Å². The highest BCUT2D eigenvalue weighted by molar-refractivity contribution is 14.1. The second kappa shape index (κ2) is 14.1. The lowest BCUT2D eigenvalue weighted by Crippen LogP contribution is -2.10. The van der Waals surface area contributed by atoms with Crippen LogP contribution in [0.3, 0.4) is 0 Å². The number of alkyl halides is 7. The van der Waals surface area contributed by atoms with Gasteiger partial charge in [0.05, 0.1) is 10.2 Å². The minimum atomic E-state index is -4.13. The van der Waals surface area contributed by atoms with Crippen molar-refractivity contribution in [2.24, 2.45) is 0 Å². The number of anilines is 2. The third-order valence-electron chi connectivity index (χ3n) is 2.28. The van der Waals surface area contributed by atoms with E-state index < -0.39 is 22.5 Å². The molecule has 0 amide bonds. The van der Waals surface area contributed by atoms with Gasteiger partial charge in [0.1, 0.15) is 0 Å². The van der Waals surface area contributed by atoms with E-state index in [9.17, 15) is 26.3 Å². The molecule has 0 heterocycles. The molecule has 0 aromatic heterocycles. The minimum absolute atomic E-state index is 0. The number of benzene rings is 2. The number of hydrogen-bond donors (Lipinski definition) is 3. The fraction of sp³-hybridized carbons (Fsp3) is 0.294. The highest BCUT2D eigenvalue weighted by Gasteiger charge is 2.27. The smallest absolute Gasteiger partial charge is 0.398 e. The van der Waals surface area contributed by atoms with Gasteiger partial charge in [-0.2, -0.15) is 26.3 Å². The number of rotatable bonds is 2. The first kappa shape index (κ1) is 29.3. The first-order valence-corrected chi connectivity index (χ1v) is 10.0. The summed E-state index contributed by atoms with van der Waals surface area (Å²) in [6.07, 6.45) is -8.10. The lowest BCUT2D eigenvalue weighted by molar-refractivity contribution is -0.105. The highest BCUT2D eigenvalue weighted by atomic mass is 127. The Morgan fingerprint density at radius 3 is 1.64 bits per heavy atom. The number of nitrogen functional groups attached to an aromatic ring is 2. The van der Waals surface area contributed by atoms with Crippen molar-refractivity contribution in [1.29, 1.82) is 0 Å². The van der Waals surface area contributed by atoms with Crippen molar-refractivity contribution >= 4 is 58.4 Å². The Balaban J connectivity index is 0. The Morgan fingerprint density at radius 2 is 1.32 bits per heavy atom. The second-order valence-corrected chi connectivity index (χ2v) is 7.15. The third-order valence-corrected chi connectivity index (χ3v) is 4.48. The molecule has 0 fully saturated rings. The van der Waals surface area contributed by atoms with Crippen LogP contribution in [0.1, 0.15) is 7.43 Å². The van der Waals surface area contributed by atoms with E-state index in [1.807, 2.05) is 24.3 Å². The standard InChI is InChI=1S/C8H8F3NS.C6H7NS.C2H2F3I.CH4/c9-8(10,11)5-13-7-3-1-2-6(12)4-7;7-5-2-1-3-6(8)4-5;3-2(4,5)1-6;/h1-4H,5,12H2;1-4,8H,7H2;1H2;1H4. The topological polar surface area (TPSA) is 52.0 Å². The van der Waals surface area contributed by atoms with Crippen LogP contribution in [0.25, 0.3) is 0 Å². The van der Waals surface area contributed by atoms with Crippen molar-refractivity contribution in [1.82, 2.24) is 0 Å². The summed E-state index contributed by atoms with van der Waals surface area (Å²) in [5.74, 6) is -0.879. The number of thiol groups is 1. The van der Waals surface area contributed by atoms with E-state index in [0.29, 0.717) is 10.6 Å². The van der Waals surface area contributed by atoms with E-state index in [4.69, 9.17) is 11.5 Å². The zero-order valence-corrected chi connectivity index (χ0v) is 17.6. The third kappa shape index (κ3) is 18.4. The van der Waals surface area contributed by atoms with Crippen LogP contribution in [0.5, 0.6) is 0 Å². The summed E-state index contributed by atoms with van der Waals surface area (Å²) in [6.45, 7) is 0. The molecule has 0 saturated carbocycles. The van der Waals surface area contributed by atoms with Gasteiger partial charge in [-0.1, -0.05) is 42.2 Å². The molecule has 0 aliphatic heterocycles.